The lowest BCUT2D eigenvalue weighted by atomic mass is 10.1. The first kappa shape index (κ1) is 18.8. The molecule has 3 aromatic rings. The fraction of sp³-hybridized carbons (Fsp3) is 0.250. The Morgan fingerprint density at radius 1 is 1.11 bits per heavy atom. The minimum atomic E-state index is -0.162. The first-order chi connectivity index (χ1) is 13.3. The van der Waals surface area contributed by atoms with Crippen LogP contribution in [0.1, 0.15) is 10.4 Å². The minimum absolute atomic E-state index is 0.162. The lowest BCUT2D eigenvalue weighted by Crippen LogP contribution is -2.33. The Morgan fingerprint density at radius 2 is 1.96 bits per heavy atom. The standard InChI is InChI=1S/C20H23N5O2/c1-27-13-12-21-10-11-23-20(26)18-15-25(17-7-3-2-4-8-17)24-19(18)16-6-5-9-22-14-16/h2-9,14-15,21H,10-13H2,1H3,(H,23,26). The Kier molecular flexibility index (Phi) is 6.67. The summed E-state index contributed by atoms with van der Waals surface area (Å²) in [7, 11) is 1.66. The number of carbonyl (C=O) groups is 1. The van der Waals surface area contributed by atoms with E-state index in [4.69, 9.17) is 4.74 Å². The maximum absolute atomic E-state index is 12.7. The van der Waals surface area contributed by atoms with Crippen LogP contribution in [0, 0.1) is 0 Å². The molecule has 0 atom stereocenters. The molecule has 3 rings (SSSR count). The van der Waals surface area contributed by atoms with Crippen LogP contribution < -0.4 is 10.6 Å². The summed E-state index contributed by atoms with van der Waals surface area (Å²) in [6, 6.07) is 13.4. The van der Waals surface area contributed by atoms with Gasteiger partial charge in [0.15, 0.2) is 0 Å². The van der Waals surface area contributed by atoms with Crippen molar-refractivity contribution in [3.05, 3.63) is 66.6 Å². The van der Waals surface area contributed by atoms with E-state index in [-0.39, 0.29) is 5.91 Å². The molecular formula is C20H23N5O2. The van der Waals surface area contributed by atoms with Crippen molar-refractivity contribution >= 4 is 5.91 Å². The third kappa shape index (κ3) is 4.99. The first-order valence-electron chi connectivity index (χ1n) is 8.83. The van der Waals surface area contributed by atoms with Gasteiger partial charge in [0, 0.05) is 50.9 Å². The molecule has 2 heterocycles. The van der Waals surface area contributed by atoms with E-state index in [1.807, 2.05) is 42.5 Å². The first-order valence-corrected chi connectivity index (χ1v) is 8.83. The van der Waals surface area contributed by atoms with Crippen molar-refractivity contribution < 1.29 is 9.53 Å². The summed E-state index contributed by atoms with van der Waals surface area (Å²) in [4.78, 5) is 16.9. The van der Waals surface area contributed by atoms with Gasteiger partial charge in [-0.3, -0.25) is 9.78 Å². The summed E-state index contributed by atoms with van der Waals surface area (Å²) in [5.74, 6) is -0.162. The largest absolute Gasteiger partial charge is 0.383 e. The molecule has 1 aromatic carbocycles. The molecule has 0 unspecified atom stereocenters. The molecule has 0 radical (unpaired) electrons. The predicted molar refractivity (Wildman–Crippen MR) is 104 cm³/mol. The van der Waals surface area contributed by atoms with Crippen molar-refractivity contribution in [1.29, 1.82) is 0 Å². The molecule has 0 bridgehead atoms. The third-order valence-corrected chi connectivity index (χ3v) is 3.98. The van der Waals surface area contributed by atoms with Crippen molar-refractivity contribution in [3.8, 4) is 16.9 Å². The average Bonchev–Trinajstić information content (AvgIpc) is 3.17. The van der Waals surface area contributed by atoms with Gasteiger partial charge < -0.3 is 15.4 Å². The van der Waals surface area contributed by atoms with E-state index in [2.05, 4.69) is 20.7 Å². The lowest BCUT2D eigenvalue weighted by molar-refractivity contribution is 0.0954. The Bertz CT molecular complexity index is 849. The predicted octanol–water partition coefficient (Wildman–Crippen LogP) is 1.90. The van der Waals surface area contributed by atoms with Crippen LogP contribution in [0.4, 0.5) is 0 Å². The van der Waals surface area contributed by atoms with E-state index >= 15 is 0 Å². The highest BCUT2D eigenvalue weighted by Gasteiger charge is 2.18. The van der Waals surface area contributed by atoms with Crippen molar-refractivity contribution in [2.75, 3.05) is 33.4 Å². The third-order valence-electron chi connectivity index (χ3n) is 3.98. The highest BCUT2D eigenvalue weighted by molar-refractivity contribution is 5.99. The number of nitrogens with one attached hydrogen (secondary N) is 2. The van der Waals surface area contributed by atoms with Gasteiger partial charge in [-0.25, -0.2) is 4.68 Å². The Balaban J connectivity index is 1.78. The number of benzene rings is 1. The normalized spacial score (nSPS) is 10.7. The van der Waals surface area contributed by atoms with Crippen molar-refractivity contribution in [2.24, 2.45) is 0 Å². The zero-order valence-corrected chi connectivity index (χ0v) is 15.3. The van der Waals surface area contributed by atoms with Gasteiger partial charge in [-0.15, -0.1) is 0 Å². The van der Waals surface area contributed by atoms with E-state index in [1.54, 1.807) is 30.4 Å². The zero-order valence-electron chi connectivity index (χ0n) is 15.3. The summed E-state index contributed by atoms with van der Waals surface area (Å²) >= 11 is 0. The molecule has 0 aliphatic heterocycles. The monoisotopic (exact) mass is 365 g/mol. The fourth-order valence-electron chi connectivity index (χ4n) is 2.63. The van der Waals surface area contributed by atoms with Gasteiger partial charge in [-0.2, -0.15) is 5.10 Å². The number of pyridine rings is 1. The number of aromatic nitrogens is 3. The second-order valence-corrected chi connectivity index (χ2v) is 5.91. The molecular weight excluding hydrogens is 342 g/mol. The van der Waals surface area contributed by atoms with Crippen LogP contribution in [0.15, 0.2) is 61.1 Å². The van der Waals surface area contributed by atoms with Crippen LogP contribution in [-0.2, 0) is 4.74 Å². The second-order valence-electron chi connectivity index (χ2n) is 5.91. The van der Waals surface area contributed by atoms with Crippen LogP contribution in [0.25, 0.3) is 16.9 Å². The van der Waals surface area contributed by atoms with Gasteiger partial charge in [0.25, 0.3) is 5.91 Å². The molecule has 0 saturated carbocycles. The van der Waals surface area contributed by atoms with Crippen LogP contribution in [0.3, 0.4) is 0 Å². The highest BCUT2D eigenvalue weighted by Crippen LogP contribution is 2.22. The number of para-hydroxylation sites is 1. The van der Waals surface area contributed by atoms with E-state index in [0.717, 1.165) is 17.8 Å². The molecule has 2 N–H and O–H groups in total. The Morgan fingerprint density at radius 3 is 2.70 bits per heavy atom. The van der Waals surface area contributed by atoms with Crippen LogP contribution in [0.5, 0.6) is 0 Å². The molecule has 0 aliphatic rings. The van der Waals surface area contributed by atoms with Crippen molar-refractivity contribution in [1.82, 2.24) is 25.4 Å². The van der Waals surface area contributed by atoms with Gasteiger partial charge in [0.1, 0.15) is 5.69 Å². The number of rotatable bonds is 9. The van der Waals surface area contributed by atoms with Gasteiger partial charge in [0.05, 0.1) is 17.9 Å². The van der Waals surface area contributed by atoms with E-state index in [1.165, 1.54) is 0 Å². The van der Waals surface area contributed by atoms with Gasteiger partial charge in [-0.1, -0.05) is 18.2 Å². The second kappa shape index (κ2) is 9.61. The summed E-state index contributed by atoms with van der Waals surface area (Å²) in [5, 5.41) is 10.8. The molecule has 0 fully saturated rings. The van der Waals surface area contributed by atoms with Crippen LogP contribution in [-0.4, -0.2) is 54.0 Å². The van der Waals surface area contributed by atoms with Gasteiger partial charge in [-0.05, 0) is 24.3 Å². The molecule has 0 saturated heterocycles. The Hall–Kier alpha value is -3.03. The zero-order chi connectivity index (χ0) is 18.9. The smallest absolute Gasteiger partial charge is 0.255 e. The topological polar surface area (TPSA) is 81.1 Å². The summed E-state index contributed by atoms with van der Waals surface area (Å²) in [5.41, 5.74) is 2.82. The summed E-state index contributed by atoms with van der Waals surface area (Å²) < 4.78 is 6.70. The maximum Gasteiger partial charge on any atom is 0.255 e. The average molecular weight is 365 g/mol. The Labute approximate surface area is 158 Å². The van der Waals surface area contributed by atoms with Gasteiger partial charge in [0.2, 0.25) is 0 Å². The van der Waals surface area contributed by atoms with E-state index in [9.17, 15) is 4.79 Å². The molecule has 27 heavy (non-hydrogen) atoms. The number of hydrogen-bond donors (Lipinski definition) is 2. The lowest BCUT2D eigenvalue weighted by Gasteiger charge is -2.06. The fourth-order valence-corrected chi connectivity index (χ4v) is 2.63. The summed E-state index contributed by atoms with van der Waals surface area (Å²) in [6.45, 7) is 2.58. The van der Waals surface area contributed by atoms with Gasteiger partial charge >= 0.3 is 0 Å². The molecule has 0 aliphatic carbocycles. The molecule has 1 amide bonds. The van der Waals surface area contributed by atoms with Crippen molar-refractivity contribution in [3.63, 3.8) is 0 Å². The minimum Gasteiger partial charge on any atom is -0.383 e. The quantitative estimate of drug-likeness (QED) is 0.566. The van der Waals surface area contributed by atoms with Crippen molar-refractivity contribution in [2.45, 2.75) is 0 Å². The number of methoxy groups -OCH3 is 1. The number of carbonyl (C=O) groups excluding carboxylic acids is 1. The van der Waals surface area contributed by atoms with Crippen LogP contribution in [0.2, 0.25) is 0 Å². The molecule has 140 valence electrons. The van der Waals surface area contributed by atoms with E-state index in [0.29, 0.717) is 31.0 Å². The van der Waals surface area contributed by atoms with E-state index < -0.39 is 0 Å². The number of nitrogens with zero attached hydrogens (tertiary/aromatic N) is 3. The molecule has 7 heteroatoms. The summed E-state index contributed by atoms with van der Waals surface area (Å²) in [6.07, 6.45) is 5.16. The molecule has 0 spiro atoms. The number of ether oxygens (including phenoxy) is 1. The highest BCUT2D eigenvalue weighted by atomic mass is 16.5. The number of amides is 1. The molecule has 7 nitrogen and oxygen atoms in total. The van der Waals surface area contributed by atoms with Crippen LogP contribution >= 0.6 is 0 Å². The maximum atomic E-state index is 12.7. The SMILES string of the molecule is COCCNCCNC(=O)c1cn(-c2ccccc2)nc1-c1cccnc1. The molecule has 2 aromatic heterocycles. The number of hydrogen-bond acceptors (Lipinski definition) is 5.